The van der Waals surface area contributed by atoms with Crippen LogP contribution in [-0.4, -0.2) is 26.2 Å². The number of ketones is 1. The summed E-state index contributed by atoms with van der Waals surface area (Å²) in [5, 5.41) is 2.87. The maximum absolute atomic E-state index is 13.0. The Labute approximate surface area is 184 Å². The molecule has 0 aromatic heterocycles. The van der Waals surface area contributed by atoms with E-state index in [-0.39, 0.29) is 21.9 Å². The summed E-state index contributed by atoms with van der Waals surface area (Å²) in [4.78, 5) is 25.3. The van der Waals surface area contributed by atoms with Crippen LogP contribution in [0.15, 0.2) is 77.7 Å². The van der Waals surface area contributed by atoms with E-state index in [9.17, 15) is 22.4 Å². The Bertz CT molecular complexity index is 1220. The molecule has 1 amide bonds. The van der Waals surface area contributed by atoms with Gasteiger partial charge in [-0.05, 0) is 49.4 Å². The Hall–Kier alpha value is -3.07. The van der Waals surface area contributed by atoms with Crippen LogP contribution in [0.3, 0.4) is 0 Å². The number of hydrogen-bond acceptors (Lipinski definition) is 4. The molecule has 0 fully saturated rings. The number of benzene rings is 3. The predicted molar refractivity (Wildman–Crippen MR) is 116 cm³/mol. The minimum absolute atomic E-state index is 0.167. The minimum Gasteiger partial charge on any atom is -0.324 e. The summed E-state index contributed by atoms with van der Waals surface area (Å²) < 4.78 is 40.1. The fourth-order valence-corrected chi connectivity index (χ4v) is 4.14. The lowest BCUT2D eigenvalue weighted by atomic mass is 10.0. The van der Waals surface area contributed by atoms with Gasteiger partial charge in [0.1, 0.15) is 5.82 Å². The van der Waals surface area contributed by atoms with Crippen molar-refractivity contribution in [3.8, 4) is 0 Å². The van der Waals surface area contributed by atoms with E-state index in [1.807, 2.05) is 0 Å². The van der Waals surface area contributed by atoms with Gasteiger partial charge in [-0.25, -0.2) is 12.8 Å². The summed E-state index contributed by atoms with van der Waals surface area (Å²) in [6.45, 7) is 1.35. The molecule has 0 radical (unpaired) electrons. The molecule has 2 N–H and O–H groups in total. The highest BCUT2D eigenvalue weighted by Gasteiger charge is 2.24. The Morgan fingerprint density at radius 3 is 2.26 bits per heavy atom. The van der Waals surface area contributed by atoms with Crippen molar-refractivity contribution in [3.05, 3.63) is 94.8 Å². The van der Waals surface area contributed by atoms with Gasteiger partial charge >= 0.3 is 0 Å². The first-order valence-corrected chi connectivity index (χ1v) is 11.0. The Morgan fingerprint density at radius 1 is 0.968 bits per heavy atom. The summed E-state index contributed by atoms with van der Waals surface area (Å²) in [7, 11) is -4.06. The topological polar surface area (TPSA) is 92.3 Å². The summed E-state index contributed by atoms with van der Waals surface area (Å²) in [5.41, 5.74) is 0.766. The fourth-order valence-electron chi connectivity index (χ4n) is 2.77. The van der Waals surface area contributed by atoms with Gasteiger partial charge in [-0.3, -0.25) is 9.59 Å². The van der Waals surface area contributed by atoms with Gasteiger partial charge in [0, 0.05) is 16.1 Å². The van der Waals surface area contributed by atoms with Gasteiger partial charge in [-0.15, -0.1) is 0 Å². The molecule has 0 heterocycles. The maximum Gasteiger partial charge on any atom is 0.242 e. The van der Waals surface area contributed by atoms with Crippen LogP contribution in [0.5, 0.6) is 0 Å². The van der Waals surface area contributed by atoms with Gasteiger partial charge in [0.2, 0.25) is 15.9 Å². The fraction of sp³-hybridized carbons (Fsp3) is 0.0909. The molecule has 3 rings (SSSR count). The average Bonchev–Trinajstić information content (AvgIpc) is 2.75. The molecule has 0 bridgehead atoms. The van der Waals surface area contributed by atoms with Crippen LogP contribution in [0.1, 0.15) is 22.8 Å². The number of carbonyl (C=O) groups is 2. The third-order valence-electron chi connectivity index (χ3n) is 4.37. The van der Waals surface area contributed by atoms with Crippen molar-refractivity contribution in [2.24, 2.45) is 0 Å². The zero-order valence-electron chi connectivity index (χ0n) is 16.3. The highest BCUT2D eigenvalue weighted by molar-refractivity contribution is 7.89. The summed E-state index contributed by atoms with van der Waals surface area (Å²) in [5.74, 6) is -1.61. The van der Waals surface area contributed by atoms with Gasteiger partial charge in [0.15, 0.2) is 5.78 Å². The van der Waals surface area contributed by atoms with Gasteiger partial charge in [0.25, 0.3) is 0 Å². The van der Waals surface area contributed by atoms with Crippen LogP contribution >= 0.6 is 11.6 Å². The molecule has 31 heavy (non-hydrogen) atoms. The Kier molecular flexibility index (Phi) is 6.84. The number of amides is 1. The van der Waals surface area contributed by atoms with Crippen molar-refractivity contribution in [3.63, 3.8) is 0 Å². The van der Waals surface area contributed by atoms with Gasteiger partial charge in [-0.1, -0.05) is 41.9 Å². The van der Waals surface area contributed by atoms with Crippen LogP contribution in [0.25, 0.3) is 0 Å². The van der Waals surface area contributed by atoms with Gasteiger partial charge in [0.05, 0.1) is 16.6 Å². The molecule has 9 heteroatoms. The average molecular weight is 461 g/mol. The van der Waals surface area contributed by atoms with Crippen LogP contribution in [0.4, 0.5) is 10.1 Å². The van der Waals surface area contributed by atoms with E-state index in [0.29, 0.717) is 10.6 Å². The first-order chi connectivity index (χ1) is 14.7. The molecule has 6 nitrogen and oxygen atoms in total. The third-order valence-corrected chi connectivity index (χ3v) is 6.16. The van der Waals surface area contributed by atoms with E-state index in [1.165, 1.54) is 25.1 Å². The lowest BCUT2D eigenvalue weighted by Gasteiger charge is -2.16. The molecule has 160 valence electrons. The van der Waals surface area contributed by atoms with E-state index < -0.39 is 27.8 Å². The largest absolute Gasteiger partial charge is 0.324 e. The molecule has 0 aliphatic heterocycles. The zero-order valence-corrected chi connectivity index (χ0v) is 17.9. The van der Waals surface area contributed by atoms with E-state index in [2.05, 4.69) is 10.0 Å². The lowest BCUT2D eigenvalue weighted by Crippen LogP contribution is -2.41. The monoisotopic (exact) mass is 460 g/mol. The van der Waals surface area contributed by atoms with Crippen molar-refractivity contribution in [2.45, 2.75) is 17.9 Å². The van der Waals surface area contributed by atoms with Crippen molar-refractivity contribution < 1.29 is 22.4 Å². The molecule has 0 aliphatic rings. The summed E-state index contributed by atoms with van der Waals surface area (Å²) in [6.07, 6.45) is 0. The van der Waals surface area contributed by atoms with Crippen LogP contribution < -0.4 is 10.0 Å². The molecule has 0 saturated heterocycles. The van der Waals surface area contributed by atoms with E-state index in [4.69, 9.17) is 11.6 Å². The maximum atomic E-state index is 13.0. The molecular weight excluding hydrogens is 443 g/mol. The predicted octanol–water partition coefficient (Wildman–Crippen LogP) is 4.02. The number of anilines is 1. The molecule has 0 aliphatic carbocycles. The highest BCUT2D eigenvalue weighted by Crippen LogP contribution is 2.24. The first kappa shape index (κ1) is 22.6. The number of sulfonamides is 1. The van der Waals surface area contributed by atoms with Crippen LogP contribution in [0, 0.1) is 5.82 Å². The number of nitrogens with one attached hydrogen (secondary N) is 2. The van der Waals surface area contributed by atoms with E-state index in [0.717, 1.165) is 24.3 Å². The molecule has 0 saturated carbocycles. The van der Waals surface area contributed by atoms with Crippen molar-refractivity contribution in [1.29, 1.82) is 0 Å². The van der Waals surface area contributed by atoms with Crippen LogP contribution in [-0.2, 0) is 14.8 Å². The Balaban J connectivity index is 1.80. The SMILES string of the molecule is C[C@@H](NS(=O)(=O)c1ccc(F)cc1)C(=O)Nc1ccc(Cl)cc1C(=O)c1ccccc1. The normalized spacial score (nSPS) is 12.2. The standard InChI is InChI=1S/C22H18ClFN2O4S/c1-14(26-31(29,30)18-10-8-17(24)9-11-18)22(28)25-20-12-7-16(23)13-19(20)21(27)15-5-3-2-4-6-15/h2-14,26H,1H3,(H,25,28)/t14-/m1/s1. The number of carbonyl (C=O) groups excluding carboxylic acids is 2. The van der Waals surface area contributed by atoms with Gasteiger partial charge in [-0.2, -0.15) is 4.72 Å². The molecule has 0 unspecified atom stereocenters. The molecule has 1 atom stereocenters. The Morgan fingerprint density at radius 2 is 1.61 bits per heavy atom. The highest BCUT2D eigenvalue weighted by atomic mass is 35.5. The molecule has 3 aromatic rings. The second-order valence-corrected chi connectivity index (χ2v) is 8.82. The molecule has 0 spiro atoms. The summed E-state index contributed by atoms with van der Waals surface area (Å²) >= 11 is 6.03. The first-order valence-electron chi connectivity index (χ1n) is 9.15. The van der Waals surface area contributed by atoms with Crippen molar-refractivity contribution in [1.82, 2.24) is 4.72 Å². The second kappa shape index (κ2) is 9.38. The van der Waals surface area contributed by atoms with E-state index >= 15 is 0 Å². The smallest absolute Gasteiger partial charge is 0.242 e. The number of rotatable bonds is 7. The van der Waals surface area contributed by atoms with Crippen molar-refractivity contribution in [2.75, 3.05) is 5.32 Å². The molecule has 3 aromatic carbocycles. The molecular formula is C22H18ClFN2O4S. The van der Waals surface area contributed by atoms with Gasteiger partial charge < -0.3 is 5.32 Å². The van der Waals surface area contributed by atoms with E-state index in [1.54, 1.807) is 30.3 Å². The quantitative estimate of drug-likeness (QED) is 0.521. The number of halogens is 2. The summed E-state index contributed by atoms with van der Waals surface area (Å²) in [6, 6.07) is 15.9. The lowest BCUT2D eigenvalue weighted by molar-refractivity contribution is -0.117. The number of hydrogen-bond donors (Lipinski definition) is 2. The van der Waals surface area contributed by atoms with Crippen LogP contribution in [0.2, 0.25) is 5.02 Å². The zero-order chi connectivity index (χ0) is 22.6. The van der Waals surface area contributed by atoms with Crippen molar-refractivity contribution >= 4 is 39.0 Å². The second-order valence-electron chi connectivity index (χ2n) is 6.67. The minimum atomic E-state index is -4.06. The third kappa shape index (κ3) is 5.55.